The van der Waals surface area contributed by atoms with Crippen molar-refractivity contribution in [2.75, 3.05) is 5.32 Å². The Hall–Kier alpha value is -3.50. The van der Waals surface area contributed by atoms with E-state index in [0.29, 0.717) is 33.3 Å². The van der Waals surface area contributed by atoms with E-state index in [4.69, 9.17) is 28.2 Å². The first-order valence-corrected chi connectivity index (χ1v) is 13.0. The molecule has 0 spiro atoms. The van der Waals surface area contributed by atoms with Crippen molar-refractivity contribution in [2.24, 2.45) is 0 Å². The highest BCUT2D eigenvalue weighted by atomic mass is 35.5. The van der Waals surface area contributed by atoms with E-state index in [0.717, 1.165) is 0 Å². The Kier molecular flexibility index (Phi) is 8.03. The van der Waals surface area contributed by atoms with Gasteiger partial charge in [0.1, 0.15) is 0 Å². The van der Waals surface area contributed by atoms with Gasteiger partial charge in [-0.2, -0.15) is 0 Å². The lowest BCUT2D eigenvalue weighted by atomic mass is 9.98. The molecule has 1 atom stereocenters. The van der Waals surface area contributed by atoms with E-state index in [-0.39, 0.29) is 59.5 Å². The molecule has 200 valence electrons. The standard InChI is InChI=1S/C26H29Cl2N7O3/c1-13(2)31-22(36)17-10-29-25(30-11-17)35-24(38)18-8-15(5)34(12-21(18)33-26(35)32-14(3)4)23(37)16-6-7-19(27)20(28)9-16/h6-7,9-11,13-15H,8,12H2,1-5H3,(H,31,36)(H,32,33)/t15-/m1/s1. The topological polar surface area (TPSA) is 122 Å². The molecule has 0 aliphatic carbocycles. The fourth-order valence-corrected chi connectivity index (χ4v) is 4.46. The van der Waals surface area contributed by atoms with Crippen molar-refractivity contribution in [3.05, 3.63) is 73.4 Å². The van der Waals surface area contributed by atoms with Gasteiger partial charge in [0.15, 0.2) is 0 Å². The summed E-state index contributed by atoms with van der Waals surface area (Å²) in [7, 11) is 0. The second-order valence-electron chi connectivity index (χ2n) is 9.82. The van der Waals surface area contributed by atoms with Crippen LogP contribution >= 0.6 is 23.2 Å². The van der Waals surface area contributed by atoms with Gasteiger partial charge in [0.05, 0.1) is 27.8 Å². The normalized spacial score (nSPS) is 15.0. The Morgan fingerprint density at radius 1 is 1.03 bits per heavy atom. The molecule has 4 rings (SSSR count). The zero-order chi connectivity index (χ0) is 27.7. The van der Waals surface area contributed by atoms with Crippen LogP contribution in [-0.4, -0.2) is 54.4 Å². The van der Waals surface area contributed by atoms with E-state index >= 15 is 0 Å². The summed E-state index contributed by atoms with van der Waals surface area (Å²) in [4.78, 5) is 54.3. The number of benzene rings is 1. The van der Waals surface area contributed by atoms with Gasteiger partial charge in [0, 0.05) is 41.6 Å². The SMILES string of the molecule is CC(C)NC(=O)c1cnc(-n2c(NC(C)C)nc3c(c2=O)C[C@@H](C)N(C(=O)c2ccc(Cl)c(Cl)c2)C3)nc1. The van der Waals surface area contributed by atoms with Crippen LogP contribution in [0.15, 0.2) is 35.4 Å². The van der Waals surface area contributed by atoms with Gasteiger partial charge in [0.25, 0.3) is 17.4 Å². The minimum atomic E-state index is -0.328. The Labute approximate surface area is 230 Å². The van der Waals surface area contributed by atoms with Crippen LogP contribution in [0.25, 0.3) is 5.95 Å². The van der Waals surface area contributed by atoms with E-state index in [1.807, 2.05) is 34.6 Å². The van der Waals surface area contributed by atoms with Gasteiger partial charge in [-0.1, -0.05) is 23.2 Å². The van der Waals surface area contributed by atoms with Crippen LogP contribution in [0.2, 0.25) is 10.0 Å². The molecule has 10 nitrogen and oxygen atoms in total. The van der Waals surface area contributed by atoms with Gasteiger partial charge in [-0.3, -0.25) is 14.4 Å². The minimum Gasteiger partial charge on any atom is -0.353 e. The fraction of sp³-hybridized carbons (Fsp3) is 0.385. The molecule has 0 unspecified atom stereocenters. The number of rotatable bonds is 6. The van der Waals surface area contributed by atoms with Gasteiger partial charge < -0.3 is 15.5 Å². The number of carbonyl (C=O) groups is 2. The van der Waals surface area contributed by atoms with Crippen molar-refractivity contribution in [1.82, 2.24) is 29.7 Å². The third-order valence-electron chi connectivity index (χ3n) is 5.98. The van der Waals surface area contributed by atoms with Crippen LogP contribution < -0.4 is 16.2 Å². The van der Waals surface area contributed by atoms with Crippen molar-refractivity contribution >= 4 is 41.0 Å². The summed E-state index contributed by atoms with van der Waals surface area (Å²) in [5.74, 6) is -0.190. The van der Waals surface area contributed by atoms with Crippen molar-refractivity contribution in [3.8, 4) is 5.95 Å². The second-order valence-corrected chi connectivity index (χ2v) is 10.6. The number of hydrogen-bond donors (Lipinski definition) is 2. The lowest BCUT2D eigenvalue weighted by Gasteiger charge is -2.34. The van der Waals surface area contributed by atoms with Crippen molar-refractivity contribution in [3.63, 3.8) is 0 Å². The van der Waals surface area contributed by atoms with E-state index in [1.54, 1.807) is 17.0 Å². The summed E-state index contributed by atoms with van der Waals surface area (Å²) in [5.41, 5.74) is 1.33. The molecule has 38 heavy (non-hydrogen) atoms. The summed E-state index contributed by atoms with van der Waals surface area (Å²) in [6, 6.07) is 4.37. The maximum atomic E-state index is 13.7. The van der Waals surface area contributed by atoms with Crippen LogP contribution in [0.4, 0.5) is 5.95 Å². The molecule has 0 bridgehead atoms. The predicted octanol–water partition coefficient (Wildman–Crippen LogP) is 3.87. The van der Waals surface area contributed by atoms with Crippen LogP contribution in [0.1, 0.15) is 66.6 Å². The zero-order valence-corrected chi connectivity index (χ0v) is 23.3. The number of nitrogens with one attached hydrogen (secondary N) is 2. The molecule has 12 heteroatoms. The minimum absolute atomic E-state index is 0.0402. The monoisotopic (exact) mass is 557 g/mol. The number of amides is 2. The van der Waals surface area contributed by atoms with Crippen molar-refractivity contribution in [1.29, 1.82) is 0 Å². The molecule has 0 saturated heterocycles. The molecule has 2 aromatic heterocycles. The Balaban J connectivity index is 1.72. The van der Waals surface area contributed by atoms with Gasteiger partial charge in [-0.25, -0.2) is 19.5 Å². The molecule has 1 aromatic carbocycles. The zero-order valence-electron chi connectivity index (χ0n) is 21.7. The van der Waals surface area contributed by atoms with Gasteiger partial charge in [0.2, 0.25) is 11.9 Å². The largest absolute Gasteiger partial charge is 0.353 e. The number of aromatic nitrogens is 4. The molecule has 0 saturated carbocycles. The van der Waals surface area contributed by atoms with E-state index in [2.05, 4.69) is 20.6 Å². The number of anilines is 1. The summed E-state index contributed by atoms with van der Waals surface area (Å²) >= 11 is 12.1. The van der Waals surface area contributed by atoms with Crippen molar-refractivity contribution < 1.29 is 9.59 Å². The molecule has 3 heterocycles. The lowest BCUT2D eigenvalue weighted by molar-refractivity contribution is 0.0653. The third-order valence-corrected chi connectivity index (χ3v) is 6.72. The first kappa shape index (κ1) is 27.5. The maximum absolute atomic E-state index is 13.7. The summed E-state index contributed by atoms with van der Waals surface area (Å²) < 4.78 is 1.31. The average Bonchev–Trinajstić information content (AvgIpc) is 2.85. The second kappa shape index (κ2) is 11.1. The van der Waals surface area contributed by atoms with E-state index < -0.39 is 0 Å². The molecular formula is C26H29Cl2N7O3. The highest BCUT2D eigenvalue weighted by molar-refractivity contribution is 6.42. The summed E-state index contributed by atoms with van der Waals surface area (Å²) in [5, 5.41) is 6.62. The Morgan fingerprint density at radius 2 is 1.71 bits per heavy atom. The Morgan fingerprint density at radius 3 is 2.32 bits per heavy atom. The van der Waals surface area contributed by atoms with Crippen LogP contribution in [0.3, 0.4) is 0 Å². The summed E-state index contributed by atoms with van der Waals surface area (Å²) in [6.07, 6.45) is 3.06. The maximum Gasteiger partial charge on any atom is 0.265 e. The van der Waals surface area contributed by atoms with Gasteiger partial charge in [-0.05, 0) is 59.2 Å². The van der Waals surface area contributed by atoms with E-state index in [9.17, 15) is 14.4 Å². The molecule has 0 fully saturated rings. The smallest absolute Gasteiger partial charge is 0.265 e. The molecule has 1 aliphatic heterocycles. The average molecular weight is 558 g/mol. The number of fused-ring (bicyclic) bond motifs is 1. The number of halogens is 2. The number of carbonyl (C=O) groups excluding carboxylic acids is 2. The highest BCUT2D eigenvalue weighted by Crippen LogP contribution is 2.27. The molecule has 2 N–H and O–H groups in total. The Bertz CT molecular complexity index is 1440. The quantitative estimate of drug-likeness (QED) is 0.471. The molecule has 0 radical (unpaired) electrons. The highest BCUT2D eigenvalue weighted by Gasteiger charge is 2.32. The molecule has 3 aromatic rings. The summed E-state index contributed by atoms with van der Waals surface area (Å²) in [6.45, 7) is 9.57. The van der Waals surface area contributed by atoms with Crippen molar-refractivity contribution in [2.45, 2.75) is 65.7 Å². The van der Waals surface area contributed by atoms with Crippen LogP contribution in [0, 0.1) is 0 Å². The lowest BCUT2D eigenvalue weighted by Crippen LogP contribution is -2.46. The first-order chi connectivity index (χ1) is 18.0. The predicted molar refractivity (Wildman–Crippen MR) is 146 cm³/mol. The molecule has 2 amide bonds. The molecule has 1 aliphatic rings. The van der Waals surface area contributed by atoms with Gasteiger partial charge >= 0.3 is 0 Å². The van der Waals surface area contributed by atoms with Gasteiger partial charge in [-0.15, -0.1) is 0 Å². The van der Waals surface area contributed by atoms with Crippen LogP contribution in [-0.2, 0) is 13.0 Å². The number of nitrogens with zero attached hydrogens (tertiary/aromatic N) is 5. The first-order valence-electron chi connectivity index (χ1n) is 12.3. The van der Waals surface area contributed by atoms with E-state index in [1.165, 1.54) is 23.0 Å². The van der Waals surface area contributed by atoms with Crippen LogP contribution in [0.5, 0.6) is 0 Å². The molecular weight excluding hydrogens is 529 g/mol. The number of hydrogen-bond acceptors (Lipinski definition) is 7. The third kappa shape index (κ3) is 5.66. The fourth-order valence-electron chi connectivity index (χ4n) is 4.17.